The summed E-state index contributed by atoms with van der Waals surface area (Å²) in [5.74, 6) is 0.289. The van der Waals surface area contributed by atoms with E-state index in [0.29, 0.717) is 6.07 Å². The van der Waals surface area contributed by atoms with Gasteiger partial charge in [-0.2, -0.15) is 13.2 Å². The summed E-state index contributed by atoms with van der Waals surface area (Å²) in [6, 6.07) is 2.18. The normalized spacial score (nSPS) is 17.8. The zero-order chi connectivity index (χ0) is 15.8. The predicted octanol–water partition coefficient (Wildman–Crippen LogP) is 2.48. The maximum absolute atomic E-state index is 12.7. The molecule has 1 aromatic rings. The van der Waals surface area contributed by atoms with Gasteiger partial charge in [0.25, 0.3) is 0 Å². The van der Waals surface area contributed by atoms with Crippen molar-refractivity contribution >= 4 is 26.0 Å². The van der Waals surface area contributed by atoms with Crippen molar-refractivity contribution in [3.05, 3.63) is 28.2 Å². The third-order valence-electron chi connectivity index (χ3n) is 3.28. The predicted molar refractivity (Wildman–Crippen MR) is 75.0 cm³/mol. The fraction of sp³-hybridized carbons (Fsp3) is 0.500. The van der Waals surface area contributed by atoms with E-state index in [-0.39, 0.29) is 23.0 Å². The SMILES string of the molecule is NC(CNS(=O)(=O)c1cc(C(F)(F)F)ccc1Br)C1CC1. The molecule has 0 amide bonds. The summed E-state index contributed by atoms with van der Waals surface area (Å²) in [6.07, 6.45) is -2.69. The van der Waals surface area contributed by atoms with Crippen molar-refractivity contribution in [1.29, 1.82) is 0 Å². The van der Waals surface area contributed by atoms with Gasteiger partial charge in [-0.25, -0.2) is 13.1 Å². The molecule has 0 spiro atoms. The van der Waals surface area contributed by atoms with Crippen LogP contribution in [-0.2, 0) is 16.2 Å². The number of sulfonamides is 1. The van der Waals surface area contributed by atoms with Gasteiger partial charge >= 0.3 is 6.18 Å². The molecule has 1 saturated carbocycles. The van der Waals surface area contributed by atoms with Crippen LogP contribution in [0.4, 0.5) is 13.2 Å². The van der Waals surface area contributed by atoms with Gasteiger partial charge in [0, 0.05) is 17.1 Å². The van der Waals surface area contributed by atoms with E-state index in [9.17, 15) is 21.6 Å². The lowest BCUT2D eigenvalue weighted by atomic mass is 10.2. The van der Waals surface area contributed by atoms with Crippen LogP contribution in [0.15, 0.2) is 27.6 Å². The van der Waals surface area contributed by atoms with Gasteiger partial charge in [-0.15, -0.1) is 0 Å². The summed E-state index contributed by atoms with van der Waals surface area (Å²) in [7, 11) is -4.05. The Morgan fingerprint density at radius 3 is 2.52 bits per heavy atom. The lowest BCUT2D eigenvalue weighted by molar-refractivity contribution is -0.137. The van der Waals surface area contributed by atoms with Gasteiger partial charge < -0.3 is 5.73 Å². The first-order valence-electron chi connectivity index (χ1n) is 6.23. The van der Waals surface area contributed by atoms with Crippen LogP contribution in [0.2, 0.25) is 0 Å². The fourth-order valence-corrected chi connectivity index (χ4v) is 3.92. The van der Waals surface area contributed by atoms with Gasteiger partial charge in [-0.05, 0) is 52.9 Å². The minimum Gasteiger partial charge on any atom is -0.326 e. The van der Waals surface area contributed by atoms with E-state index in [1.807, 2.05) is 0 Å². The molecule has 0 aromatic heterocycles. The number of benzene rings is 1. The molecule has 1 aliphatic carbocycles. The minimum atomic E-state index is -4.60. The lowest BCUT2D eigenvalue weighted by Crippen LogP contribution is -2.38. The van der Waals surface area contributed by atoms with E-state index < -0.39 is 26.7 Å². The number of nitrogens with two attached hydrogens (primary N) is 1. The van der Waals surface area contributed by atoms with Crippen molar-refractivity contribution in [2.75, 3.05) is 6.54 Å². The van der Waals surface area contributed by atoms with Crippen molar-refractivity contribution in [2.45, 2.75) is 30.0 Å². The molecule has 0 heterocycles. The first-order valence-corrected chi connectivity index (χ1v) is 8.51. The maximum atomic E-state index is 12.7. The highest BCUT2D eigenvalue weighted by molar-refractivity contribution is 9.10. The van der Waals surface area contributed by atoms with Crippen molar-refractivity contribution in [3.63, 3.8) is 0 Å². The van der Waals surface area contributed by atoms with E-state index in [4.69, 9.17) is 5.73 Å². The Balaban J connectivity index is 2.22. The van der Waals surface area contributed by atoms with E-state index in [1.54, 1.807) is 0 Å². The molecule has 0 saturated heterocycles. The summed E-state index contributed by atoms with van der Waals surface area (Å²) in [5.41, 5.74) is 4.77. The molecule has 0 bridgehead atoms. The molecule has 0 aliphatic heterocycles. The van der Waals surface area contributed by atoms with Crippen molar-refractivity contribution in [2.24, 2.45) is 11.7 Å². The highest BCUT2D eigenvalue weighted by Gasteiger charge is 2.33. The maximum Gasteiger partial charge on any atom is 0.416 e. The Hall–Kier alpha value is -0.640. The topological polar surface area (TPSA) is 72.2 Å². The number of nitrogens with one attached hydrogen (secondary N) is 1. The summed E-state index contributed by atoms with van der Waals surface area (Å²) in [6.45, 7) is 0.00961. The van der Waals surface area contributed by atoms with Crippen LogP contribution >= 0.6 is 15.9 Å². The summed E-state index contributed by atoms with van der Waals surface area (Å²) in [4.78, 5) is -0.444. The lowest BCUT2D eigenvalue weighted by Gasteiger charge is -2.14. The Morgan fingerprint density at radius 2 is 2.00 bits per heavy atom. The number of halogens is 4. The minimum absolute atomic E-state index is 0.00961. The smallest absolute Gasteiger partial charge is 0.326 e. The number of alkyl halides is 3. The van der Waals surface area contributed by atoms with E-state index >= 15 is 0 Å². The van der Waals surface area contributed by atoms with Crippen molar-refractivity contribution in [1.82, 2.24) is 4.72 Å². The Labute approximate surface area is 129 Å². The second kappa shape index (κ2) is 5.86. The van der Waals surface area contributed by atoms with Crippen LogP contribution in [0.5, 0.6) is 0 Å². The van der Waals surface area contributed by atoms with Crippen LogP contribution in [0.1, 0.15) is 18.4 Å². The molecular weight excluding hydrogens is 373 g/mol. The Kier molecular flexibility index (Phi) is 4.67. The van der Waals surface area contributed by atoms with E-state index in [2.05, 4.69) is 20.7 Å². The largest absolute Gasteiger partial charge is 0.416 e. The fourth-order valence-electron chi connectivity index (χ4n) is 1.86. The van der Waals surface area contributed by atoms with E-state index in [1.165, 1.54) is 0 Å². The highest BCUT2D eigenvalue weighted by atomic mass is 79.9. The van der Waals surface area contributed by atoms with Crippen LogP contribution in [0.3, 0.4) is 0 Å². The van der Waals surface area contributed by atoms with E-state index in [0.717, 1.165) is 25.0 Å². The Bertz CT molecular complexity index is 630. The zero-order valence-electron chi connectivity index (χ0n) is 10.8. The van der Waals surface area contributed by atoms with Gasteiger partial charge in [0.05, 0.1) is 10.5 Å². The highest BCUT2D eigenvalue weighted by Crippen LogP contribution is 2.34. The molecule has 21 heavy (non-hydrogen) atoms. The first-order chi connectivity index (χ1) is 9.61. The van der Waals surface area contributed by atoms with Crippen LogP contribution < -0.4 is 10.5 Å². The molecule has 0 radical (unpaired) electrons. The van der Waals surface area contributed by atoms with Crippen molar-refractivity contribution < 1.29 is 21.6 Å². The molecule has 118 valence electrons. The molecule has 1 unspecified atom stereocenters. The van der Waals surface area contributed by atoms with Crippen LogP contribution in [0.25, 0.3) is 0 Å². The monoisotopic (exact) mass is 386 g/mol. The molecule has 1 fully saturated rings. The number of hydrogen-bond donors (Lipinski definition) is 2. The Morgan fingerprint density at radius 1 is 1.38 bits per heavy atom. The number of rotatable bonds is 5. The van der Waals surface area contributed by atoms with Gasteiger partial charge in [0.1, 0.15) is 0 Å². The average molecular weight is 387 g/mol. The molecule has 2 rings (SSSR count). The summed E-state index contributed by atoms with van der Waals surface area (Å²) < 4.78 is 64.6. The molecular formula is C12H14BrF3N2O2S. The summed E-state index contributed by atoms with van der Waals surface area (Å²) >= 11 is 2.96. The second-order valence-electron chi connectivity index (χ2n) is 5.00. The zero-order valence-corrected chi connectivity index (χ0v) is 13.2. The average Bonchev–Trinajstić information content (AvgIpc) is 3.19. The third kappa shape index (κ3) is 4.18. The third-order valence-corrected chi connectivity index (χ3v) is 5.70. The van der Waals surface area contributed by atoms with Crippen molar-refractivity contribution in [3.8, 4) is 0 Å². The van der Waals surface area contributed by atoms with Gasteiger partial charge in [0.2, 0.25) is 10.0 Å². The van der Waals surface area contributed by atoms with Gasteiger partial charge in [-0.1, -0.05) is 0 Å². The second-order valence-corrected chi connectivity index (χ2v) is 7.59. The quantitative estimate of drug-likeness (QED) is 0.816. The molecule has 1 aliphatic rings. The molecule has 1 atom stereocenters. The van der Waals surface area contributed by atoms with Crippen LogP contribution in [-0.4, -0.2) is 21.0 Å². The molecule has 4 nitrogen and oxygen atoms in total. The van der Waals surface area contributed by atoms with Crippen LogP contribution in [0, 0.1) is 5.92 Å². The number of hydrogen-bond acceptors (Lipinski definition) is 3. The standard InChI is InChI=1S/C12H14BrF3N2O2S/c13-9-4-3-8(12(14,15)16)5-11(9)21(19,20)18-6-10(17)7-1-2-7/h3-5,7,10,18H,1-2,6,17H2. The molecule has 1 aromatic carbocycles. The first kappa shape index (κ1) is 16.7. The molecule has 3 N–H and O–H groups in total. The molecule has 9 heteroatoms. The van der Waals surface area contributed by atoms with Gasteiger partial charge in [-0.3, -0.25) is 0 Å². The van der Waals surface area contributed by atoms with Gasteiger partial charge in [0.15, 0.2) is 0 Å². The summed E-state index contributed by atoms with van der Waals surface area (Å²) in [5, 5.41) is 0.